The Morgan fingerprint density at radius 2 is 1.80 bits per heavy atom. The monoisotopic (exact) mass is 434 g/mol. The highest BCUT2D eigenvalue weighted by atomic mass is 35.5. The molecule has 0 aromatic heterocycles. The first-order valence-corrected chi connectivity index (χ1v) is 9.62. The first-order valence-electron chi connectivity index (χ1n) is 9.24. The molecule has 1 saturated heterocycles. The average molecular weight is 435 g/mol. The standard InChI is InChI=1S/C21H21ClF2N4O2/c1-3-16(29)27-7-9-28(10-8-27)21(30)12-11-13(22)17(19(24)20(12)26-2)18-14(23)5-4-6-15(18)25/h3-6,11,26H,1,7-10,25H2,2H3. The molecule has 0 atom stereocenters. The van der Waals surface area contributed by atoms with Crippen molar-refractivity contribution >= 4 is 34.8 Å². The predicted molar refractivity (Wildman–Crippen MR) is 113 cm³/mol. The predicted octanol–water partition coefficient (Wildman–Crippen LogP) is 3.38. The Morgan fingerprint density at radius 1 is 1.17 bits per heavy atom. The summed E-state index contributed by atoms with van der Waals surface area (Å²) in [7, 11) is 1.46. The summed E-state index contributed by atoms with van der Waals surface area (Å²) in [5.74, 6) is -2.25. The number of hydrogen-bond donors (Lipinski definition) is 2. The number of benzene rings is 2. The third kappa shape index (κ3) is 3.82. The van der Waals surface area contributed by atoms with Gasteiger partial charge in [-0.05, 0) is 24.3 Å². The summed E-state index contributed by atoms with van der Waals surface area (Å²) in [5.41, 5.74) is 5.41. The Morgan fingerprint density at radius 3 is 2.37 bits per heavy atom. The van der Waals surface area contributed by atoms with Gasteiger partial charge in [0.2, 0.25) is 5.91 Å². The number of rotatable bonds is 4. The lowest BCUT2D eigenvalue weighted by Gasteiger charge is -2.34. The molecular weight excluding hydrogens is 414 g/mol. The van der Waals surface area contributed by atoms with Crippen LogP contribution in [0.3, 0.4) is 0 Å². The average Bonchev–Trinajstić information content (AvgIpc) is 2.74. The molecule has 2 aromatic carbocycles. The molecule has 2 amide bonds. The zero-order valence-corrected chi connectivity index (χ0v) is 17.1. The van der Waals surface area contributed by atoms with Gasteiger partial charge in [0, 0.05) is 50.0 Å². The molecule has 3 N–H and O–H groups in total. The summed E-state index contributed by atoms with van der Waals surface area (Å²) >= 11 is 6.28. The minimum Gasteiger partial charge on any atom is -0.398 e. The van der Waals surface area contributed by atoms with Gasteiger partial charge >= 0.3 is 0 Å². The zero-order valence-electron chi connectivity index (χ0n) is 16.3. The summed E-state index contributed by atoms with van der Waals surface area (Å²) in [4.78, 5) is 27.9. The van der Waals surface area contributed by atoms with Crippen LogP contribution in [0, 0.1) is 11.6 Å². The molecule has 0 spiro atoms. The topological polar surface area (TPSA) is 78.7 Å². The zero-order chi connectivity index (χ0) is 22.0. The molecule has 0 saturated carbocycles. The maximum absolute atomic E-state index is 15.4. The normalized spacial score (nSPS) is 13.9. The van der Waals surface area contributed by atoms with Gasteiger partial charge in [-0.1, -0.05) is 24.2 Å². The van der Waals surface area contributed by atoms with Crippen molar-refractivity contribution in [1.82, 2.24) is 9.80 Å². The van der Waals surface area contributed by atoms with Gasteiger partial charge < -0.3 is 20.9 Å². The van der Waals surface area contributed by atoms with Gasteiger partial charge in [0.15, 0.2) is 5.82 Å². The lowest BCUT2D eigenvalue weighted by Crippen LogP contribution is -2.50. The molecule has 0 radical (unpaired) electrons. The molecule has 1 fully saturated rings. The van der Waals surface area contributed by atoms with Crippen molar-refractivity contribution in [3.05, 3.63) is 59.1 Å². The molecule has 0 bridgehead atoms. The fraction of sp³-hybridized carbons (Fsp3) is 0.238. The Balaban J connectivity index is 1.99. The van der Waals surface area contributed by atoms with Gasteiger partial charge in [-0.3, -0.25) is 9.59 Å². The van der Waals surface area contributed by atoms with Crippen molar-refractivity contribution in [3.8, 4) is 11.1 Å². The number of nitrogens with two attached hydrogens (primary N) is 1. The number of hydrogen-bond acceptors (Lipinski definition) is 4. The second-order valence-corrected chi connectivity index (χ2v) is 7.15. The Labute approximate surface area is 177 Å². The van der Waals surface area contributed by atoms with Crippen molar-refractivity contribution in [3.63, 3.8) is 0 Å². The molecule has 1 aliphatic heterocycles. The molecule has 9 heteroatoms. The molecule has 0 aliphatic carbocycles. The highest BCUT2D eigenvalue weighted by Crippen LogP contribution is 2.41. The fourth-order valence-corrected chi connectivity index (χ4v) is 3.78. The van der Waals surface area contributed by atoms with Gasteiger partial charge in [0.25, 0.3) is 5.91 Å². The minimum absolute atomic E-state index is 0.0159. The number of nitrogens with one attached hydrogen (secondary N) is 1. The highest BCUT2D eigenvalue weighted by Gasteiger charge is 2.29. The third-order valence-corrected chi connectivity index (χ3v) is 5.35. The van der Waals surface area contributed by atoms with E-state index in [1.165, 1.54) is 36.2 Å². The minimum atomic E-state index is -0.870. The molecule has 1 heterocycles. The Kier molecular flexibility index (Phi) is 6.26. The van der Waals surface area contributed by atoms with Crippen LogP contribution in [0.1, 0.15) is 10.4 Å². The SMILES string of the molecule is C=CC(=O)N1CCN(C(=O)c2cc(Cl)c(-c3c(N)cccc3F)c(F)c2NC)CC1. The van der Waals surface area contributed by atoms with Crippen LogP contribution in [-0.2, 0) is 4.79 Å². The number of piperazine rings is 1. The van der Waals surface area contributed by atoms with Crippen LogP contribution in [0.15, 0.2) is 36.9 Å². The molecular formula is C21H21ClF2N4O2. The van der Waals surface area contributed by atoms with Crippen molar-refractivity contribution in [2.24, 2.45) is 0 Å². The quantitative estimate of drug-likeness (QED) is 0.571. The van der Waals surface area contributed by atoms with Crippen molar-refractivity contribution < 1.29 is 18.4 Å². The van der Waals surface area contributed by atoms with E-state index in [-0.39, 0.29) is 52.1 Å². The first-order chi connectivity index (χ1) is 14.3. The van der Waals surface area contributed by atoms with Crippen LogP contribution in [0.25, 0.3) is 11.1 Å². The van der Waals surface area contributed by atoms with Crippen LogP contribution in [0.4, 0.5) is 20.2 Å². The number of anilines is 2. The van der Waals surface area contributed by atoms with Crippen molar-refractivity contribution in [1.29, 1.82) is 0 Å². The maximum Gasteiger partial charge on any atom is 0.256 e. The molecule has 0 unspecified atom stereocenters. The molecule has 6 nitrogen and oxygen atoms in total. The Hall–Kier alpha value is -3.13. The summed E-state index contributed by atoms with van der Waals surface area (Å²) in [6.45, 7) is 4.69. The molecule has 158 valence electrons. The van der Waals surface area contributed by atoms with E-state index in [1.807, 2.05) is 0 Å². The fourth-order valence-electron chi connectivity index (χ4n) is 3.50. The van der Waals surface area contributed by atoms with E-state index < -0.39 is 17.5 Å². The second kappa shape index (κ2) is 8.71. The number of nitrogens with zero attached hydrogens (tertiary/aromatic N) is 2. The lowest BCUT2D eigenvalue weighted by atomic mass is 9.98. The smallest absolute Gasteiger partial charge is 0.256 e. The maximum atomic E-state index is 15.4. The van der Waals surface area contributed by atoms with Crippen molar-refractivity contribution in [2.45, 2.75) is 0 Å². The Bertz CT molecular complexity index is 1000. The second-order valence-electron chi connectivity index (χ2n) is 6.75. The number of halogens is 3. The summed E-state index contributed by atoms with van der Waals surface area (Å²) in [6, 6.07) is 5.31. The number of nitrogen functional groups attached to an aromatic ring is 1. The van der Waals surface area contributed by atoms with Crippen LogP contribution in [-0.4, -0.2) is 54.8 Å². The van der Waals surface area contributed by atoms with Gasteiger partial charge in [0.05, 0.1) is 16.3 Å². The lowest BCUT2D eigenvalue weighted by molar-refractivity contribution is -0.127. The molecule has 30 heavy (non-hydrogen) atoms. The van der Waals surface area contributed by atoms with E-state index in [9.17, 15) is 14.0 Å². The molecule has 2 aromatic rings. The number of carbonyl (C=O) groups is 2. The van der Waals surface area contributed by atoms with E-state index in [4.69, 9.17) is 17.3 Å². The van der Waals surface area contributed by atoms with Gasteiger partial charge in [-0.2, -0.15) is 0 Å². The van der Waals surface area contributed by atoms with Gasteiger partial charge in [-0.15, -0.1) is 0 Å². The van der Waals surface area contributed by atoms with E-state index in [1.54, 1.807) is 4.90 Å². The first kappa shape index (κ1) is 21.6. The summed E-state index contributed by atoms with van der Waals surface area (Å²) in [6.07, 6.45) is 1.22. The van der Waals surface area contributed by atoms with Gasteiger partial charge in [0.1, 0.15) is 5.82 Å². The van der Waals surface area contributed by atoms with E-state index in [2.05, 4.69) is 11.9 Å². The van der Waals surface area contributed by atoms with Crippen LogP contribution in [0.2, 0.25) is 5.02 Å². The summed E-state index contributed by atoms with van der Waals surface area (Å²) < 4.78 is 29.8. The van der Waals surface area contributed by atoms with Crippen LogP contribution >= 0.6 is 11.6 Å². The largest absolute Gasteiger partial charge is 0.398 e. The van der Waals surface area contributed by atoms with E-state index in [0.29, 0.717) is 13.1 Å². The molecule has 3 rings (SSSR count). The van der Waals surface area contributed by atoms with Gasteiger partial charge in [-0.25, -0.2) is 8.78 Å². The van der Waals surface area contributed by atoms with Crippen LogP contribution < -0.4 is 11.1 Å². The van der Waals surface area contributed by atoms with E-state index in [0.717, 1.165) is 6.07 Å². The molecule has 1 aliphatic rings. The number of amides is 2. The van der Waals surface area contributed by atoms with E-state index >= 15 is 4.39 Å². The summed E-state index contributed by atoms with van der Waals surface area (Å²) in [5, 5.41) is 2.54. The highest BCUT2D eigenvalue weighted by molar-refractivity contribution is 6.34. The van der Waals surface area contributed by atoms with Crippen molar-refractivity contribution in [2.75, 3.05) is 44.3 Å². The third-order valence-electron chi connectivity index (χ3n) is 5.05. The number of carbonyl (C=O) groups excluding carboxylic acids is 2. The van der Waals surface area contributed by atoms with Crippen LogP contribution in [0.5, 0.6) is 0 Å².